The number of amides is 3. The molecule has 2 saturated heterocycles. The Hall–Kier alpha value is -2.29. The molecule has 3 amide bonds. The molecule has 0 saturated carbocycles. The monoisotopic (exact) mass is 386 g/mol. The maximum absolute atomic E-state index is 12.8. The lowest BCUT2D eigenvalue weighted by Crippen LogP contribution is -2.68. The van der Waals surface area contributed by atoms with E-state index in [2.05, 4.69) is 15.5 Å². The Balaban J connectivity index is 1.46. The van der Waals surface area contributed by atoms with Crippen molar-refractivity contribution in [2.45, 2.75) is 50.5 Å². The third-order valence-electron chi connectivity index (χ3n) is 6.32. The number of carbonyl (C=O) groups excluding carboxylic acids is 3. The SMILES string of the molecule is CC(N(C)Cc1ccc2c(c1)CN(C1CCC(=O)NC1=O)C2=O)C1(O)CNC1. The summed E-state index contributed by atoms with van der Waals surface area (Å²) in [6.45, 7) is 4.24. The first kappa shape index (κ1) is 19.0. The molecule has 8 heteroatoms. The van der Waals surface area contributed by atoms with Crippen LogP contribution < -0.4 is 10.6 Å². The molecule has 0 radical (unpaired) electrons. The number of likely N-dealkylation sites (N-methyl/N-ethyl adjacent to an activating group) is 1. The standard InChI is InChI=1S/C20H26N4O4/c1-12(20(28)10-21-11-20)23(2)8-13-3-4-15-14(7-13)9-24(19(15)27)16-5-6-17(25)22-18(16)26/h3-4,7,12,16,21,28H,5-6,8-11H2,1-2H3,(H,22,25,26). The Labute approximate surface area is 163 Å². The van der Waals surface area contributed by atoms with E-state index in [9.17, 15) is 19.5 Å². The first-order valence-electron chi connectivity index (χ1n) is 9.68. The normalized spacial score (nSPS) is 24.8. The van der Waals surface area contributed by atoms with Crippen LogP contribution in [0.2, 0.25) is 0 Å². The van der Waals surface area contributed by atoms with Gasteiger partial charge in [0.05, 0.1) is 0 Å². The van der Waals surface area contributed by atoms with Crippen molar-refractivity contribution in [1.29, 1.82) is 0 Å². The zero-order valence-electron chi connectivity index (χ0n) is 16.2. The fourth-order valence-corrected chi connectivity index (χ4v) is 4.24. The van der Waals surface area contributed by atoms with Crippen molar-refractivity contribution in [3.05, 3.63) is 34.9 Å². The van der Waals surface area contributed by atoms with Gasteiger partial charge in [-0.2, -0.15) is 0 Å². The van der Waals surface area contributed by atoms with Gasteiger partial charge >= 0.3 is 0 Å². The Morgan fingerprint density at radius 3 is 2.71 bits per heavy atom. The van der Waals surface area contributed by atoms with Gasteiger partial charge in [-0.3, -0.25) is 24.6 Å². The third-order valence-corrected chi connectivity index (χ3v) is 6.32. The van der Waals surface area contributed by atoms with Crippen molar-refractivity contribution in [1.82, 2.24) is 20.4 Å². The van der Waals surface area contributed by atoms with Gasteiger partial charge in [0.1, 0.15) is 11.6 Å². The first-order valence-corrected chi connectivity index (χ1v) is 9.68. The summed E-state index contributed by atoms with van der Waals surface area (Å²) < 4.78 is 0. The highest BCUT2D eigenvalue weighted by Crippen LogP contribution is 2.29. The number of imide groups is 1. The summed E-state index contributed by atoms with van der Waals surface area (Å²) in [6.07, 6.45) is 0.617. The molecule has 3 heterocycles. The second-order valence-electron chi connectivity index (χ2n) is 8.19. The summed E-state index contributed by atoms with van der Waals surface area (Å²) >= 11 is 0. The number of benzene rings is 1. The van der Waals surface area contributed by atoms with E-state index < -0.39 is 17.6 Å². The van der Waals surface area contributed by atoms with E-state index in [1.165, 1.54) is 0 Å². The van der Waals surface area contributed by atoms with Crippen LogP contribution in [0.1, 0.15) is 41.3 Å². The number of nitrogens with one attached hydrogen (secondary N) is 2. The van der Waals surface area contributed by atoms with E-state index in [-0.39, 0.29) is 24.3 Å². The van der Waals surface area contributed by atoms with Crippen LogP contribution in [-0.4, -0.2) is 70.4 Å². The first-order chi connectivity index (χ1) is 13.3. The number of hydrogen-bond donors (Lipinski definition) is 3. The average Bonchev–Trinajstić information content (AvgIpc) is 2.95. The van der Waals surface area contributed by atoms with Gasteiger partial charge in [-0.1, -0.05) is 12.1 Å². The number of fused-ring (bicyclic) bond motifs is 1. The minimum absolute atomic E-state index is 0.00334. The molecule has 0 bridgehead atoms. The third kappa shape index (κ3) is 3.21. The smallest absolute Gasteiger partial charge is 0.255 e. The summed E-state index contributed by atoms with van der Waals surface area (Å²) in [7, 11) is 1.98. The molecule has 2 unspecified atom stereocenters. The average molecular weight is 386 g/mol. The zero-order chi connectivity index (χ0) is 20.1. The maximum atomic E-state index is 12.8. The molecular formula is C20H26N4O4. The van der Waals surface area contributed by atoms with E-state index in [4.69, 9.17) is 0 Å². The van der Waals surface area contributed by atoms with Crippen LogP contribution in [0.5, 0.6) is 0 Å². The molecule has 0 aliphatic carbocycles. The lowest BCUT2D eigenvalue weighted by molar-refractivity contribution is -0.136. The molecule has 3 N–H and O–H groups in total. The van der Waals surface area contributed by atoms with E-state index in [1.807, 2.05) is 32.2 Å². The lowest BCUT2D eigenvalue weighted by Gasteiger charge is -2.46. The van der Waals surface area contributed by atoms with Crippen molar-refractivity contribution in [2.24, 2.45) is 0 Å². The fourth-order valence-electron chi connectivity index (χ4n) is 4.24. The molecule has 0 spiro atoms. The fraction of sp³-hybridized carbons (Fsp3) is 0.550. The van der Waals surface area contributed by atoms with Crippen LogP contribution >= 0.6 is 0 Å². The summed E-state index contributed by atoms with van der Waals surface area (Å²) in [5.41, 5.74) is 1.87. The highest BCUT2D eigenvalue weighted by molar-refractivity contribution is 6.05. The number of rotatable bonds is 5. The maximum Gasteiger partial charge on any atom is 0.255 e. The van der Waals surface area contributed by atoms with E-state index >= 15 is 0 Å². The predicted octanol–water partition coefficient (Wildman–Crippen LogP) is -0.398. The zero-order valence-corrected chi connectivity index (χ0v) is 16.2. The van der Waals surface area contributed by atoms with Crippen LogP contribution in [0.3, 0.4) is 0 Å². The topological polar surface area (TPSA) is 102 Å². The number of aliphatic hydroxyl groups is 1. The van der Waals surface area contributed by atoms with Gasteiger partial charge in [0.25, 0.3) is 5.91 Å². The molecule has 8 nitrogen and oxygen atoms in total. The molecule has 0 aromatic heterocycles. The summed E-state index contributed by atoms with van der Waals surface area (Å²) in [4.78, 5) is 39.9. The van der Waals surface area contributed by atoms with Crippen molar-refractivity contribution in [2.75, 3.05) is 20.1 Å². The molecule has 2 fully saturated rings. The number of carbonyl (C=O) groups is 3. The number of piperidine rings is 1. The van der Waals surface area contributed by atoms with Crippen LogP contribution in [-0.2, 0) is 22.7 Å². The van der Waals surface area contributed by atoms with Gasteiger partial charge in [0.2, 0.25) is 11.8 Å². The van der Waals surface area contributed by atoms with Crippen molar-refractivity contribution in [3.8, 4) is 0 Å². The number of hydrogen-bond acceptors (Lipinski definition) is 6. The molecule has 28 heavy (non-hydrogen) atoms. The summed E-state index contributed by atoms with van der Waals surface area (Å²) in [6, 6.07) is 5.16. The minimum atomic E-state index is -0.704. The van der Waals surface area contributed by atoms with Crippen LogP contribution in [0.15, 0.2) is 18.2 Å². The second kappa shape index (κ2) is 6.95. The molecule has 3 aliphatic heterocycles. The lowest BCUT2D eigenvalue weighted by atomic mass is 9.88. The van der Waals surface area contributed by atoms with E-state index in [0.29, 0.717) is 38.2 Å². The van der Waals surface area contributed by atoms with E-state index in [0.717, 1.165) is 11.1 Å². The van der Waals surface area contributed by atoms with Gasteiger partial charge in [0.15, 0.2) is 0 Å². The Kier molecular flexibility index (Phi) is 4.73. The summed E-state index contributed by atoms with van der Waals surface area (Å²) in [5, 5.41) is 16.0. The Morgan fingerprint density at radius 1 is 1.32 bits per heavy atom. The Morgan fingerprint density at radius 2 is 2.07 bits per heavy atom. The molecule has 4 rings (SSSR count). The van der Waals surface area contributed by atoms with Gasteiger partial charge in [-0.25, -0.2) is 0 Å². The summed E-state index contributed by atoms with van der Waals surface area (Å²) in [5.74, 6) is -0.839. The van der Waals surface area contributed by atoms with Crippen LogP contribution in [0.25, 0.3) is 0 Å². The van der Waals surface area contributed by atoms with Gasteiger partial charge in [0, 0.05) is 44.2 Å². The highest BCUT2D eigenvalue weighted by atomic mass is 16.3. The van der Waals surface area contributed by atoms with Crippen molar-refractivity contribution < 1.29 is 19.5 Å². The van der Waals surface area contributed by atoms with Crippen LogP contribution in [0, 0.1) is 0 Å². The van der Waals surface area contributed by atoms with Gasteiger partial charge in [-0.05, 0) is 37.6 Å². The molecule has 1 aromatic rings. The Bertz CT molecular complexity index is 835. The second-order valence-corrected chi connectivity index (χ2v) is 8.19. The van der Waals surface area contributed by atoms with Crippen molar-refractivity contribution in [3.63, 3.8) is 0 Å². The number of nitrogens with zero attached hydrogens (tertiary/aromatic N) is 2. The van der Waals surface area contributed by atoms with Crippen LogP contribution in [0.4, 0.5) is 0 Å². The predicted molar refractivity (Wildman–Crippen MR) is 101 cm³/mol. The highest BCUT2D eigenvalue weighted by Gasteiger charge is 2.42. The minimum Gasteiger partial charge on any atom is -0.386 e. The largest absolute Gasteiger partial charge is 0.386 e. The molecule has 150 valence electrons. The molecular weight excluding hydrogens is 360 g/mol. The van der Waals surface area contributed by atoms with Gasteiger partial charge in [-0.15, -0.1) is 0 Å². The van der Waals surface area contributed by atoms with Gasteiger partial charge < -0.3 is 15.3 Å². The molecule has 3 aliphatic rings. The van der Waals surface area contributed by atoms with Crippen molar-refractivity contribution >= 4 is 17.7 Å². The quantitative estimate of drug-likeness (QED) is 0.596. The molecule has 1 aromatic carbocycles. The molecule has 2 atom stereocenters. The van der Waals surface area contributed by atoms with E-state index in [1.54, 1.807) is 4.90 Å². The number of β-amino-alcohol motifs (C(OH)–C–C–N with tert-alkyl or cyclic N) is 1.